The van der Waals surface area contributed by atoms with Gasteiger partial charge in [0.1, 0.15) is 0 Å². The maximum atomic E-state index is 8.53. The van der Waals surface area contributed by atoms with Crippen LogP contribution < -0.4 is 0 Å². The molecule has 3 aliphatic carbocycles. The smallest absolute Gasteiger partial charge is 0.0655 e. The van der Waals surface area contributed by atoms with Crippen LogP contribution in [0.5, 0.6) is 0 Å². The van der Waals surface area contributed by atoms with Crippen molar-refractivity contribution in [3.63, 3.8) is 0 Å². The molecule has 40 heavy (non-hydrogen) atoms. The lowest BCUT2D eigenvalue weighted by Gasteiger charge is -2.22. The summed E-state index contributed by atoms with van der Waals surface area (Å²) in [7, 11) is 0. The first-order valence-electron chi connectivity index (χ1n) is 17.1. The molecular weight excluding hydrogens is 484 g/mol. The molecule has 232 valence electrons. The number of rotatable bonds is 0. The predicted molar refractivity (Wildman–Crippen MR) is 180 cm³/mol. The molecule has 0 radical (unpaired) electrons. The third-order valence-corrected chi connectivity index (χ3v) is 7.64. The molecular formula is C38H70N2. The molecule has 3 fully saturated rings. The summed E-state index contributed by atoms with van der Waals surface area (Å²) in [6, 6.07) is 14.9. The van der Waals surface area contributed by atoms with E-state index in [2.05, 4.69) is 72.7 Å². The van der Waals surface area contributed by atoms with Crippen LogP contribution in [0.25, 0.3) is 0 Å². The fraction of sp³-hybridized carbons (Fsp3) is 0.789. The number of benzene rings is 1. The Morgan fingerprint density at radius 1 is 0.525 bits per heavy atom. The third-order valence-electron chi connectivity index (χ3n) is 7.64. The largest absolute Gasteiger partial charge is 0.198 e. The van der Waals surface area contributed by atoms with Gasteiger partial charge in [-0.15, -0.1) is 0 Å². The van der Waals surface area contributed by atoms with Crippen LogP contribution in [0, 0.1) is 65.1 Å². The monoisotopic (exact) mass is 555 g/mol. The zero-order valence-electron chi connectivity index (χ0n) is 28.9. The van der Waals surface area contributed by atoms with Crippen LogP contribution in [0.2, 0.25) is 0 Å². The molecule has 3 saturated carbocycles. The van der Waals surface area contributed by atoms with Crippen LogP contribution in [0.1, 0.15) is 158 Å². The second kappa shape index (κ2) is 31.7. The summed E-state index contributed by atoms with van der Waals surface area (Å²) in [5.74, 6) is 4.53. The van der Waals surface area contributed by atoms with Crippen LogP contribution in [0.15, 0.2) is 30.3 Å². The minimum atomic E-state index is 0.376. The van der Waals surface area contributed by atoms with Gasteiger partial charge in [0.2, 0.25) is 0 Å². The summed E-state index contributed by atoms with van der Waals surface area (Å²) < 4.78 is 0. The number of hydrogen-bond donors (Lipinski definition) is 0. The second-order valence-electron chi connectivity index (χ2n) is 11.9. The Kier molecular flexibility index (Phi) is 33.8. The first-order valence-corrected chi connectivity index (χ1v) is 17.1. The average molecular weight is 555 g/mol. The van der Waals surface area contributed by atoms with E-state index in [0.29, 0.717) is 11.8 Å². The molecule has 1 aromatic carbocycles. The van der Waals surface area contributed by atoms with E-state index in [1.165, 1.54) is 63.4 Å². The van der Waals surface area contributed by atoms with Gasteiger partial charge in [0.25, 0.3) is 0 Å². The summed E-state index contributed by atoms with van der Waals surface area (Å²) in [5.41, 5.74) is 1.32. The van der Waals surface area contributed by atoms with Gasteiger partial charge in [0.15, 0.2) is 0 Å². The van der Waals surface area contributed by atoms with Gasteiger partial charge in [-0.25, -0.2) is 0 Å². The molecule has 0 aliphatic heterocycles. The summed E-state index contributed by atoms with van der Waals surface area (Å²) >= 11 is 0. The molecule has 0 amide bonds. The minimum absolute atomic E-state index is 0.376. The Hall–Kier alpha value is -1.80. The molecule has 1 aromatic rings. The van der Waals surface area contributed by atoms with Crippen LogP contribution >= 0.6 is 0 Å². The zero-order chi connectivity index (χ0) is 31.2. The highest BCUT2D eigenvalue weighted by molar-refractivity contribution is 5.11. The normalized spacial score (nSPS) is 26.2. The highest BCUT2D eigenvalue weighted by Crippen LogP contribution is 2.28. The standard InChI is InChI=1S/2C8H13N.C8H16.C7H8.C3H8.2C2H6/c2*1-7-2-4-8(6-9)5-3-7;1-7-3-5-8(2)6-4-7;1-7-5-3-2-4-6-7;1-3-2;2*1-2/h2*7-8H,2-5H2,1H3;7-8H,3-6H2,1-2H3;2-6H,1H3;3H2,1-2H3;2*1-2H3. The topological polar surface area (TPSA) is 47.6 Å². The quantitative estimate of drug-likeness (QED) is 0.320. The minimum Gasteiger partial charge on any atom is -0.198 e. The number of nitriles is 2. The van der Waals surface area contributed by atoms with Crippen LogP contribution in [-0.4, -0.2) is 0 Å². The van der Waals surface area contributed by atoms with Gasteiger partial charge in [-0.1, -0.05) is 137 Å². The van der Waals surface area contributed by atoms with Crippen molar-refractivity contribution in [2.24, 2.45) is 35.5 Å². The summed E-state index contributed by atoms with van der Waals surface area (Å²) in [6.45, 7) is 23.6. The molecule has 3 aliphatic rings. The van der Waals surface area contributed by atoms with Gasteiger partial charge >= 0.3 is 0 Å². The molecule has 0 bridgehead atoms. The van der Waals surface area contributed by atoms with E-state index in [1.807, 2.05) is 45.9 Å². The summed E-state index contributed by atoms with van der Waals surface area (Å²) in [6.07, 6.45) is 16.7. The molecule has 0 unspecified atom stereocenters. The molecule has 0 saturated heterocycles. The fourth-order valence-corrected chi connectivity index (χ4v) is 4.74. The van der Waals surface area contributed by atoms with Gasteiger partial charge < -0.3 is 0 Å². The third kappa shape index (κ3) is 27.8. The summed E-state index contributed by atoms with van der Waals surface area (Å²) in [4.78, 5) is 0. The SMILES string of the molecule is CC.CC.CC1CCC(C#N)CC1.CC1CCC(C#N)CC1.CC1CCC(C)CC1.CCC.Cc1ccccc1. The number of nitrogens with zero attached hydrogens (tertiary/aromatic N) is 2. The Morgan fingerprint density at radius 3 is 0.925 bits per heavy atom. The predicted octanol–water partition coefficient (Wildman–Crippen LogP) is 13.0. The zero-order valence-corrected chi connectivity index (χ0v) is 28.9. The molecule has 2 heteroatoms. The Labute approximate surface area is 253 Å². The van der Waals surface area contributed by atoms with Crippen molar-refractivity contribution in [1.82, 2.24) is 0 Å². The maximum absolute atomic E-state index is 8.53. The molecule has 0 aromatic heterocycles. The molecule has 0 atom stereocenters. The lowest BCUT2D eigenvalue weighted by molar-refractivity contribution is 0.308. The van der Waals surface area contributed by atoms with Gasteiger partial charge in [0, 0.05) is 11.8 Å². The second-order valence-corrected chi connectivity index (χ2v) is 11.9. The Balaban J connectivity index is -0.000000425. The van der Waals surface area contributed by atoms with Crippen molar-refractivity contribution >= 4 is 0 Å². The Morgan fingerprint density at radius 2 is 0.750 bits per heavy atom. The fourth-order valence-electron chi connectivity index (χ4n) is 4.74. The molecule has 0 heterocycles. The van der Waals surface area contributed by atoms with Crippen LogP contribution in [-0.2, 0) is 0 Å². The lowest BCUT2D eigenvalue weighted by atomic mass is 9.84. The van der Waals surface area contributed by atoms with Crippen molar-refractivity contribution in [3.05, 3.63) is 35.9 Å². The van der Waals surface area contributed by atoms with Crippen molar-refractivity contribution in [1.29, 1.82) is 10.5 Å². The molecule has 0 spiro atoms. The van der Waals surface area contributed by atoms with Crippen LogP contribution in [0.4, 0.5) is 0 Å². The van der Waals surface area contributed by atoms with Gasteiger partial charge in [-0.05, 0) is 82.0 Å². The number of hydrogen-bond acceptors (Lipinski definition) is 2. The molecule has 4 rings (SSSR count). The van der Waals surface area contributed by atoms with E-state index in [9.17, 15) is 0 Å². The average Bonchev–Trinajstić information content (AvgIpc) is 2.99. The van der Waals surface area contributed by atoms with Gasteiger partial charge in [0.05, 0.1) is 12.1 Å². The Bertz CT molecular complexity index is 632. The maximum Gasteiger partial charge on any atom is 0.0655 e. The van der Waals surface area contributed by atoms with Crippen LogP contribution in [0.3, 0.4) is 0 Å². The van der Waals surface area contributed by atoms with E-state index in [4.69, 9.17) is 10.5 Å². The highest BCUT2D eigenvalue weighted by atomic mass is 14.3. The van der Waals surface area contributed by atoms with E-state index < -0.39 is 0 Å². The van der Waals surface area contributed by atoms with E-state index in [0.717, 1.165) is 49.4 Å². The van der Waals surface area contributed by atoms with Gasteiger partial charge in [-0.2, -0.15) is 10.5 Å². The van der Waals surface area contributed by atoms with E-state index in [1.54, 1.807) is 0 Å². The number of aryl methyl sites for hydroxylation is 1. The first-order chi connectivity index (χ1) is 19.2. The molecule has 0 N–H and O–H groups in total. The first kappa shape index (κ1) is 42.7. The highest BCUT2D eigenvalue weighted by Gasteiger charge is 2.17. The molecule has 2 nitrogen and oxygen atoms in total. The van der Waals surface area contributed by atoms with E-state index >= 15 is 0 Å². The van der Waals surface area contributed by atoms with E-state index in [-0.39, 0.29) is 0 Å². The van der Waals surface area contributed by atoms with Gasteiger partial charge in [-0.3, -0.25) is 0 Å². The van der Waals surface area contributed by atoms with Crippen molar-refractivity contribution < 1.29 is 0 Å². The van der Waals surface area contributed by atoms with Crippen molar-refractivity contribution in [3.8, 4) is 12.1 Å². The lowest BCUT2D eigenvalue weighted by Crippen LogP contribution is -2.09. The summed E-state index contributed by atoms with van der Waals surface area (Å²) in [5, 5.41) is 17.1. The van der Waals surface area contributed by atoms with Crippen molar-refractivity contribution in [2.45, 2.75) is 160 Å². The van der Waals surface area contributed by atoms with Crippen molar-refractivity contribution in [2.75, 3.05) is 0 Å².